The van der Waals surface area contributed by atoms with Crippen LogP contribution < -0.4 is 4.74 Å². The van der Waals surface area contributed by atoms with Gasteiger partial charge in [-0.05, 0) is 42.3 Å². The maximum absolute atomic E-state index is 6.14. The highest BCUT2D eigenvalue weighted by Gasteiger charge is 2.13. The Hall–Kier alpha value is -1.52. The second-order valence-corrected chi connectivity index (χ2v) is 5.60. The third kappa shape index (κ3) is 2.78. The van der Waals surface area contributed by atoms with Crippen molar-refractivity contribution in [2.75, 3.05) is 0 Å². The van der Waals surface area contributed by atoms with Crippen molar-refractivity contribution in [3.8, 4) is 11.6 Å². The van der Waals surface area contributed by atoms with Gasteiger partial charge in [-0.3, -0.25) is 4.40 Å². The normalized spacial score (nSPS) is 11.0. The Morgan fingerprint density at radius 1 is 1.29 bits per heavy atom. The van der Waals surface area contributed by atoms with E-state index in [-0.39, 0.29) is 0 Å². The standard InChI is InChI=1S/C16H14BrClN2O/c1-2-11-9-12(6-7-13(11)18)21-16-14(10-17)20-8-4-3-5-15(20)19-16/h3-9H,2,10H2,1H3. The van der Waals surface area contributed by atoms with Gasteiger partial charge in [-0.2, -0.15) is 4.98 Å². The van der Waals surface area contributed by atoms with Crippen LogP contribution in [0.15, 0.2) is 42.6 Å². The molecular weight excluding hydrogens is 352 g/mol. The molecule has 0 N–H and O–H groups in total. The number of hydrogen-bond donors (Lipinski definition) is 0. The Morgan fingerprint density at radius 3 is 2.90 bits per heavy atom. The highest BCUT2D eigenvalue weighted by Crippen LogP contribution is 2.30. The van der Waals surface area contributed by atoms with Crippen molar-refractivity contribution in [2.24, 2.45) is 0 Å². The first kappa shape index (κ1) is 14.4. The van der Waals surface area contributed by atoms with Gasteiger partial charge in [0.2, 0.25) is 5.88 Å². The topological polar surface area (TPSA) is 26.5 Å². The molecule has 0 aliphatic rings. The number of pyridine rings is 1. The molecule has 3 rings (SSSR count). The van der Waals surface area contributed by atoms with Crippen LogP contribution >= 0.6 is 27.5 Å². The molecule has 0 radical (unpaired) electrons. The van der Waals surface area contributed by atoms with Gasteiger partial charge < -0.3 is 4.74 Å². The van der Waals surface area contributed by atoms with E-state index in [1.807, 2.05) is 47.0 Å². The summed E-state index contributed by atoms with van der Waals surface area (Å²) in [5.74, 6) is 1.37. The van der Waals surface area contributed by atoms with Crippen molar-refractivity contribution >= 4 is 33.2 Å². The fraction of sp³-hybridized carbons (Fsp3) is 0.188. The van der Waals surface area contributed by atoms with Crippen LogP contribution in [-0.2, 0) is 11.8 Å². The zero-order chi connectivity index (χ0) is 14.8. The number of rotatable bonds is 4. The van der Waals surface area contributed by atoms with Crippen LogP contribution in [0.1, 0.15) is 18.2 Å². The number of aromatic nitrogens is 2. The molecule has 0 saturated heterocycles. The van der Waals surface area contributed by atoms with Crippen LogP contribution in [0.25, 0.3) is 5.65 Å². The number of nitrogens with zero attached hydrogens (tertiary/aromatic N) is 2. The van der Waals surface area contributed by atoms with Crippen molar-refractivity contribution < 1.29 is 4.74 Å². The van der Waals surface area contributed by atoms with Crippen molar-refractivity contribution in [1.29, 1.82) is 0 Å². The monoisotopic (exact) mass is 364 g/mol. The Balaban J connectivity index is 2.01. The van der Waals surface area contributed by atoms with Crippen molar-refractivity contribution in [1.82, 2.24) is 9.38 Å². The zero-order valence-electron chi connectivity index (χ0n) is 11.5. The van der Waals surface area contributed by atoms with Crippen molar-refractivity contribution in [3.63, 3.8) is 0 Å². The van der Waals surface area contributed by atoms with E-state index in [9.17, 15) is 0 Å². The molecule has 0 aliphatic heterocycles. The van der Waals surface area contributed by atoms with E-state index in [0.29, 0.717) is 11.2 Å². The lowest BCUT2D eigenvalue weighted by Crippen LogP contribution is -1.92. The van der Waals surface area contributed by atoms with E-state index in [0.717, 1.165) is 34.1 Å². The number of aryl methyl sites for hydroxylation is 1. The second-order valence-electron chi connectivity index (χ2n) is 4.63. The van der Waals surface area contributed by atoms with E-state index < -0.39 is 0 Å². The van der Waals surface area contributed by atoms with Gasteiger partial charge in [-0.25, -0.2) is 0 Å². The van der Waals surface area contributed by atoms with Gasteiger partial charge in [0.1, 0.15) is 11.4 Å². The summed E-state index contributed by atoms with van der Waals surface area (Å²) in [5.41, 5.74) is 2.92. The van der Waals surface area contributed by atoms with Crippen LogP contribution in [0, 0.1) is 0 Å². The number of alkyl halides is 1. The molecule has 0 aliphatic carbocycles. The number of imidazole rings is 1. The molecule has 2 heterocycles. The number of fused-ring (bicyclic) bond motifs is 1. The molecule has 3 nitrogen and oxygen atoms in total. The summed E-state index contributed by atoms with van der Waals surface area (Å²) in [5, 5.41) is 1.43. The molecule has 0 fully saturated rings. The SMILES string of the molecule is CCc1cc(Oc2nc3ccccn3c2CBr)ccc1Cl. The number of ether oxygens (including phenoxy) is 1. The summed E-state index contributed by atoms with van der Waals surface area (Å²) >= 11 is 9.64. The molecule has 1 aromatic carbocycles. The maximum Gasteiger partial charge on any atom is 0.242 e. The molecular formula is C16H14BrClN2O. The van der Waals surface area contributed by atoms with E-state index in [1.54, 1.807) is 0 Å². The van der Waals surface area contributed by atoms with Gasteiger partial charge in [0.05, 0.1) is 5.69 Å². The summed E-state index contributed by atoms with van der Waals surface area (Å²) < 4.78 is 7.98. The molecule has 0 amide bonds. The van der Waals surface area contributed by atoms with E-state index in [2.05, 4.69) is 27.8 Å². The highest BCUT2D eigenvalue weighted by atomic mass is 79.9. The summed E-state index contributed by atoms with van der Waals surface area (Å²) in [4.78, 5) is 4.53. The Bertz CT molecular complexity index is 785. The van der Waals surface area contributed by atoms with E-state index in [4.69, 9.17) is 16.3 Å². The predicted molar refractivity (Wildman–Crippen MR) is 88.7 cm³/mol. The van der Waals surface area contributed by atoms with Crippen LogP contribution in [0.4, 0.5) is 0 Å². The smallest absolute Gasteiger partial charge is 0.242 e. The second kappa shape index (κ2) is 6.08. The highest BCUT2D eigenvalue weighted by molar-refractivity contribution is 9.08. The zero-order valence-corrected chi connectivity index (χ0v) is 13.9. The van der Waals surface area contributed by atoms with Crippen LogP contribution in [0.3, 0.4) is 0 Å². The summed E-state index contributed by atoms with van der Waals surface area (Å²) in [6.07, 6.45) is 2.84. The van der Waals surface area contributed by atoms with Crippen molar-refractivity contribution in [3.05, 3.63) is 58.9 Å². The van der Waals surface area contributed by atoms with Crippen LogP contribution in [0.5, 0.6) is 11.6 Å². The molecule has 2 aromatic heterocycles. The first-order valence-electron chi connectivity index (χ1n) is 6.71. The van der Waals surface area contributed by atoms with Gasteiger partial charge in [-0.15, -0.1) is 0 Å². The lowest BCUT2D eigenvalue weighted by molar-refractivity contribution is 0.461. The summed E-state index contributed by atoms with van der Waals surface area (Å²) in [6, 6.07) is 11.6. The number of halogens is 2. The average Bonchev–Trinajstić information content (AvgIpc) is 2.86. The molecule has 21 heavy (non-hydrogen) atoms. The fourth-order valence-electron chi connectivity index (χ4n) is 2.23. The molecule has 0 unspecified atom stereocenters. The van der Waals surface area contributed by atoms with Gasteiger partial charge in [0.15, 0.2) is 0 Å². The largest absolute Gasteiger partial charge is 0.437 e. The molecule has 108 valence electrons. The third-order valence-corrected chi connectivity index (χ3v) is 4.23. The molecule has 3 aromatic rings. The Morgan fingerprint density at radius 2 is 2.14 bits per heavy atom. The minimum Gasteiger partial charge on any atom is -0.437 e. The van der Waals surface area contributed by atoms with Crippen molar-refractivity contribution in [2.45, 2.75) is 18.7 Å². The fourth-order valence-corrected chi connectivity index (χ4v) is 2.99. The summed E-state index contributed by atoms with van der Waals surface area (Å²) in [6.45, 7) is 2.07. The molecule has 5 heteroatoms. The average molecular weight is 366 g/mol. The Labute approximate surface area is 136 Å². The number of hydrogen-bond acceptors (Lipinski definition) is 2. The maximum atomic E-state index is 6.14. The minimum absolute atomic E-state index is 0.613. The quantitative estimate of drug-likeness (QED) is 0.591. The number of benzene rings is 1. The molecule has 0 spiro atoms. The lowest BCUT2D eigenvalue weighted by atomic mass is 10.1. The van der Waals surface area contributed by atoms with E-state index in [1.165, 1.54) is 0 Å². The first-order valence-corrected chi connectivity index (χ1v) is 8.21. The lowest BCUT2D eigenvalue weighted by Gasteiger charge is -2.07. The van der Waals surface area contributed by atoms with Gasteiger partial charge >= 0.3 is 0 Å². The Kier molecular flexibility index (Phi) is 4.17. The van der Waals surface area contributed by atoms with E-state index >= 15 is 0 Å². The minimum atomic E-state index is 0.613. The van der Waals surface area contributed by atoms with Gasteiger partial charge in [0, 0.05) is 16.5 Å². The predicted octanol–water partition coefficient (Wildman–Crippen LogP) is 5.24. The molecule has 0 bridgehead atoms. The third-order valence-electron chi connectivity index (χ3n) is 3.33. The van der Waals surface area contributed by atoms with Gasteiger partial charge in [0.25, 0.3) is 0 Å². The van der Waals surface area contributed by atoms with Crippen LogP contribution in [0.2, 0.25) is 5.02 Å². The first-order chi connectivity index (χ1) is 10.2. The summed E-state index contributed by atoms with van der Waals surface area (Å²) in [7, 11) is 0. The van der Waals surface area contributed by atoms with Crippen LogP contribution in [-0.4, -0.2) is 9.38 Å². The molecule has 0 saturated carbocycles. The molecule has 0 atom stereocenters. The van der Waals surface area contributed by atoms with Gasteiger partial charge in [-0.1, -0.05) is 40.5 Å².